The van der Waals surface area contributed by atoms with E-state index in [2.05, 4.69) is 32.0 Å². The number of esters is 1. The lowest BCUT2D eigenvalue weighted by Crippen LogP contribution is -2.64. The molecule has 0 radical (unpaired) electrons. The highest BCUT2D eigenvalue weighted by Crippen LogP contribution is 2.40. The fraction of sp³-hybridized carbons (Fsp3) is 0.830. The minimum Gasteiger partial charge on any atom is -0.456 e. The third-order valence-corrected chi connectivity index (χ3v) is 13.9. The molecule has 13 heteroatoms. The molecular weight excluding hydrogens is 772 g/mol. The molecule has 1 amide bonds. The van der Waals surface area contributed by atoms with Gasteiger partial charge in [0.15, 0.2) is 0 Å². The molecule has 14 unspecified atom stereocenters. The number of carbonyl (C=O) groups excluding carboxylic acids is 4. The predicted molar refractivity (Wildman–Crippen MR) is 228 cm³/mol. The van der Waals surface area contributed by atoms with E-state index in [-0.39, 0.29) is 56.0 Å². The third kappa shape index (κ3) is 11.9. The van der Waals surface area contributed by atoms with E-state index in [1.54, 1.807) is 26.8 Å². The molecule has 12 nitrogen and oxygen atoms in total. The first-order chi connectivity index (χ1) is 28.4. The van der Waals surface area contributed by atoms with Crippen molar-refractivity contribution in [1.29, 1.82) is 0 Å². The number of nitrogens with zero attached hydrogens (tertiary/aromatic N) is 2. The quantitative estimate of drug-likeness (QED) is 0.149. The van der Waals surface area contributed by atoms with Crippen molar-refractivity contribution in [1.82, 2.24) is 9.80 Å². The summed E-state index contributed by atoms with van der Waals surface area (Å²) in [7, 11) is 7.11. The maximum Gasteiger partial charge on any atom is 0.329 e. The summed E-state index contributed by atoms with van der Waals surface area (Å²) in [6, 6.07) is -0.766. The zero-order valence-corrected chi connectivity index (χ0v) is 38.5. The number of halogens is 1. The van der Waals surface area contributed by atoms with Gasteiger partial charge in [-0.3, -0.25) is 14.4 Å². The standard InChI is InChI=1S/C47H77FN2O10/c1-12-22-58-38-27-33(18-19-35(38)49(8)9)23-31(6)42-28(3)17-20-37(51)34(13-2)24-29(4)41(48)30(5)25-39(56-10)43-40(57-11)26-32(7)47(55,60-43)44(52)45(53)50-21-15-14-16-36(50)46(54)59-42/h23-24,28,30,32-36,38-43,55H,12-22,25-27H2,1-11H3/b29-24+,31-23?. The normalized spacial score (nSPS) is 39.7. The van der Waals surface area contributed by atoms with Gasteiger partial charge in [-0.2, -0.15) is 0 Å². The van der Waals surface area contributed by atoms with Gasteiger partial charge in [0, 0.05) is 51.7 Å². The maximum atomic E-state index is 16.3. The molecule has 0 aromatic heterocycles. The van der Waals surface area contributed by atoms with Crippen LogP contribution in [0.3, 0.4) is 0 Å². The van der Waals surface area contributed by atoms with Gasteiger partial charge >= 0.3 is 5.97 Å². The largest absolute Gasteiger partial charge is 0.456 e. The Morgan fingerprint density at radius 3 is 2.28 bits per heavy atom. The fourth-order valence-corrected chi connectivity index (χ4v) is 10.1. The predicted octanol–water partition coefficient (Wildman–Crippen LogP) is 6.80. The first kappa shape index (κ1) is 50.1. The monoisotopic (exact) mass is 849 g/mol. The van der Waals surface area contributed by atoms with Gasteiger partial charge in [-0.15, -0.1) is 0 Å². The Balaban J connectivity index is 1.75. The first-order valence-electron chi connectivity index (χ1n) is 22.7. The van der Waals surface area contributed by atoms with Gasteiger partial charge in [-0.25, -0.2) is 9.18 Å². The van der Waals surface area contributed by atoms with Crippen molar-refractivity contribution in [3.63, 3.8) is 0 Å². The van der Waals surface area contributed by atoms with Crippen LogP contribution in [0.15, 0.2) is 23.3 Å². The Morgan fingerprint density at radius 2 is 1.65 bits per heavy atom. The van der Waals surface area contributed by atoms with Crippen LogP contribution in [0.1, 0.15) is 126 Å². The minimum atomic E-state index is -2.55. The Bertz CT molecular complexity index is 1520. The van der Waals surface area contributed by atoms with Gasteiger partial charge in [0.05, 0.1) is 18.3 Å². The average Bonchev–Trinajstić information content (AvgIpc) is 3.23. The molecule has 14 atom stereocenters. The average molecular weight is 849 g/mol. The molecule has 0 aromatic carbocycles. The molecule has 342 valence electrons. The molecule has 4 aliphatic rings. The van der Waals surface area contributed by atoms with Crippen molar-refractivity contribution >= 4 is 23.4 Å². The number of aliphatic hydroxyl groups is 1. The summed E-state index contributed by atoms with van der Waals surface area (Å²) in [6.07, 6.45) is 5.90. The van der Waals surface area contributed by atoms with Crippen LogP contribution < -0.4 is 0 Å². The minimum absolute atomic E-state index is 0.0108. The summed E-state index contributed by atoms with van der Waals surface area (Å²) in [5.74, 6) is -7.46. The molecule has 2 bridgehead atoms. The topological polar surface area (TPSA) is 141 Å². The molecule has 3 aliphatic heterocycles. The van der Waals surface area contributed by atoms with Gasteiger partial charge in [0.2, 0.25) is 5.79 Å². The first-order valence-corrected chi connectivity index (χ1v) is 22.7. The van der Waals surface area contributed by atoms with Crippen LogP contribution in [-0.4, -0.2) is 134 Å². The van der Waals surface area contributed by atoms with Crippen LogP contribution in [-0.2, 0) is 42.9 Å². The number of amides is 1. The zero-order valence-electron chi connectivity index (χ0n) is 38.5. The molecular formula is C47H77FN2O10. The number of ether oxygens (including phenoxy) is 5. The smallest absolute Gasteiger partial charge is 0.329 e. The van der Waals surface area contributed by atoms with Gasteiger partial charge in [-0.05, 0) is 127 Å². The molecule has 4 rings (SSSR count). The second-order valence-electron chi connectivity index (χ2n) is 18.6. The molecule has 60 heavy (non-hydrogen) atoms. The lowest BCUT2D eigenvalue weighted by Gasteiger charge is -2.47. The Morgan fingerprint density at radius 1 is 0.967 bits per heavy atom. The second-order valence-corrected chi connectivity index (χ2v) is 18.6. The summed E-state index contributed by atoms with van der Waals surface area (Å²) in [5.41, 5.74) is 1.29. The van der Waals surface area contributed by atoms with Gasteiger partial charge in [0.25, 0.3) is 11.7 Å². The molecule has 1 N–H and O–H groups in total. The Hall–Kier alpha value is -2.55. The van der Waals surface area contributed by atoms with Crippen LogP contribution in [0.2, 0.25) is 0 Å². The van der Waals surface area contributed by atoms with E-state index in [0.717, 1.165) is 31.3 Å². The number of carbonyl (C=O) groups is 4. The number of methoxy groups -OCH3 is 2. The fourth-order valence-electron chi connectivity index (χ4n) is 10.1. The van der Waals surface area contributed by atoms with E-state index >= 15 is 4.39 Å². The van der Waals surface area contributed by atoms with Crippen LogP contribution in [0, 0.1) is 29.6 Å². The maximum absolute atomic E-state index is 16.3. The van der Waals surface area contributed by atoms with Crippen molar-refractivity contribution in [3.05, 3.63) is 23.3 Å². The van der Waals surface area contributed by atoms with E-state index < -0.39 is 77.8 Å². The zero-order chi connectivity index (χ0) is 44.5. The summed E-state index contributed by atoms with van der Waals surface area (Å²) in [6.45, 7) is 13.8. The second kappa shape index (κ2) is 22.7. The highest BCUT2D eigenvalue weighted by Gasteiger charge is 2.56. The number of hydrogen-bond donors (Lipinski definition) is 1. The number of rotatable bonds is 9. The van der Waals surface area contributed by atoms with E-state index in [4.69, 9.17) is 23.7 Å². The van der Waals surface area contributed by atoms with Crippen LogP contribution in [0.25, 0.3) is 0 Å². The van der Waals surface area contributed by atoms with Crippen molar-refractivity contribution < 1.29 is 52.4 Å². The highest BCUT2D eigenvalue weighted by molar-refractivity contribution is 6.39. The van der Waals surface area contributed by atoms with Crippen molar-refractivity contribution in [2.24, 2.45) is 29.6 Å². The molecule has 3 fully saturated rings. The Labute approximate surface area is 359 Å². The van der Waals surface area contributed by atoms with E-state index in [1.807, 2.05) is 20.8 Å². The number of ketones is 2. The lowest BCUT2D eigenvalue weighted by atomic mass is 9.81. The van der Waals surface area contributed by atoms with Gasteiger partial charge in [0.1, 0.15) is 30.2 Å². The van der Waals surface area contributed by atoms with Gasteiger partial charge in [-0.1, -0.05) is 46.8 Å². The number of likely N-dealkylation sites (N-methyl/N-ethyl adjacent to an activating group) is 1. The van der Waals surface area contributed by atoms with E-state index in [0.29, 0.717) is 43.9 Å². The number of piperidine rings is 1. The molecule has 1 aliphatic carbocycles. The summed E-state index contributed by atoms with van der Waals surface area (Å²) in [4.78, 5) is 60.3. The van der Waals surface area contributed by atoms with E-state index in [9.17, 15) is 24.3 Å². The molecule has 1 saturated carbocycles. The molecule has 3 heterocycles. The number of Topliss-reactive ketones (excluding diaryl/α,β-unsaturated/α-hetero) is 2. The number of allylic oxidation sites excluding steroid dienone is 3. The van der Waals surface area contributed by atoms with E-state index in [1.165, 1.54) is 19.1 Å². The highest BCUT2D eigenvalue weighted by atomic mass is 19.1. The van der Waals surface area contributed by atoms with Crippen LogP contribution >= 0.6 is 0 Å². The molecule has 0 spiro atoms. The Kier molecular flexibility index (Phi) is 19.0. The molecule has 0 aromatic rings. The summed E-state index contributed by atoms with van der Waals surface area (Å²) < 4.78 is 46.8. The lowest BCUT2D eigenvalue weighted by molar-refractivity contribution is -0.302. The third-order valence-electron chi connectivity index (χ3n) is 13.9. The number of fused-ring (bicyclic) bond motifs is 3. The molecule has 2 saturated heterocycles. The number of hydrogen-bond acceptors (Lipinski definition) is 11. The van der Waals surface area contributed by atoms with Crippen molar-refractivity contribution in [2.75, 3.05) is 41.5 Å². The SMILES string of the molecule is CCCOC1CC(C=C(C)C2OC(=O)C3CCCCN3C(=O)C(=O)C3(O)OC(C(OC)CC(C)C(F)/C(C)=C/C(CC)C(=O)CCC2C)C(OC)CC3C)CCC1N(C)C. The van der Waals surface area contributed by atoms with Crippen molar-refractivity contribution in [3.8, 4) is 0 Å². The van der Waals surface area contributed by atoms with Crippen molar-refractivity contribution in [2.45, 2.75) is 180 Å². The van der Waals surface area contributed by atoms with Crippen LogP contribution in [0.4, 0.5) is 4.39 Å². The summed E-state index contributed by atoms with van der Waals surface area (Å²) in [5, 5.41) is 12.1. The number of cyclic esters (lactones) is 1. The van der Waals surface area contributed by atoms with Crippen LogP contribution in [0.5, 0.6) is 0 Å². The van der Waals surface area contributed by atoms with Gasteiger partial charge < -0.3 is 38.6 Å². The summed E-state index contributed by atoms with van der Waals surface area (Å²) >= 11 is 0. The number of alkyl halides is 1.